The molecular formula is C37H33F3N4O3. The van der Waals surface area contributed by atoms with Crippen molar-refractivity contribution in [3.05, 3.63) is 132 Å². The summed E-state index contributed by atoms with van der Waals surface area (Å²) in [6, 6.07) is 26.1. The molecule has 3 amide bonds. The van der Waals surface area contributed by atoms with Crippen LogP contribution in [0, 0.1) is 0 Å². The van der Waals surface area contributed by atoms with Crippen molar-refractivity contribution in [1.29, 1.82) is 0 Å². The highest BCUT2D eigenvalue weighted by atomic mass is 19.4. The topological polar surface area (TPSA) is 100 Å². The maximum absolute atomic E-state index is 13.3. The van der Waals surface area contributed by atoms with E-state index in [0.717, 1.165) is 31.4 Å². The molecule has 1 heterocycles. The van der Waals surface area contributed by atoms with Crippen molar-refractivity contribution in [2.24, 2.45) is 0 Å². The minimum absolute atomic E-state index is 0.263. The van der Waals surface area contributed by atoms with Crippen molar-refractivity contribution in [2.75, 3.05) is 11.9 Å². The van der Waals surface area contributed by atoms with Gasteiger partial charge in [0, 0.05) is 29.4 Å². The molecule has 1 aromatic heterocycles. The Bertz CT molecular complexity index is 1880. The van der Waals surface area contributed by atoms with E-state index in [9.17, 15) is 27.6 Å². The Morgan fingerprint density at radius 3 is 2.26 bits per heavy atom. The number of rotatable bonds is 11. The van der Waals surface area contributed by atoms with E-state index >= 15 is 0 Å². The molecule has 0 unspecified atom stereocenters. The van der Waals surface area contributed by atoms with E-state index in [0.29, 0.717) is 39.8 Å². The molecule has 47 heavy (non-hydrogen) atoms. The number of aromatic nitrogens is 1. The first-order valence-electron chi connectivity index (χ1n) is 15.3. The fraction of sp³-hybridized carbons (Fsp3) is 0.189. The van der Waals surface area contributed by atoms with Crippen molar-refractivity contribution in [3.63, 3.8) is 0 Å². The van der Waals surface area contributed by atoms with Gasteiger partial charge in [0.25, 0.3) is 11.8 Å². The minimum Gasteiger partial charge on any atom is -0.354 e. The first kappa shape index (κ1) is 32.9. The van der Waals surface area contributed by atoms with Gasteiger partial charge in [0.1, 0.15) is 6.04 Å². The van der Waals surface area contributed by atoms with Gasteiger partial charge in [-0.15, -0.1) is 0 Å². The smallest absolute Gasteiger partial charge is 0.354 e. The normalized spacial score (nSPS) is 11.9. The summed E-state index contributed by atoms with van der Waals surface area (Å²) in [6.45, 7) is 2.60. The number of hydrogen-bond acceptors (Lipinski definition) is 4. The number of benzene rings is 4. The number of carbonyl (C=O) groups is 3. The molecule has 10 heteroatoms. The summed E-state index contributed by atoms with van der Waals surface area (Å²) in [6.07, 6.45) is -0.187. The summed E-state index contributed by atoms with van der Waals surface area (Å²) >= 11 is 0. The van der Waals surface area contributed by atoms with E-state index in [4.69, 9.17) is 0 Å². The molecule has 1 atom stereocenters. The molecule has 0 aliphatic rings. The summed E-state index contributed by atoms with van der Waals surface area (Å²) in [5.41, 5.74) is 2.35. The zero-order chi connectivity index (χ0) is 33.4. The lowest BCUT2D eigenvalue weighted by Gasteiger charge is -2.19. The Hall–Kier alpha value is -5.51. The third-order valence-corrected chi connectivity index (χ3v) is 7.65. The van der Waals surface area contributed by atoms with Crippen molar-refractivity contribution < 1.29 is 27.6 Å². The molecule has 3 N–H and O–H groups in total. The van der Waals surface area contributed by atoms with Crippen LogP contribution in [-0.2, 0) is 11.0 Å². The van der Waals surface area contributed by atoms with Crippen LogP contribution in [0.5, 0.6) is 0 Å². The van der Waals surface area contributed by atoms with Crippen LogP contribution in [0.3, 0.4) is 0 Å². The highest BCUT2D eigenvalue weighted by Gasteiger charge is 2.30. The number of nitrogens with zero attached hydrogens (tertiary/aromatic N) is 1. The molecule has 0 spiro atoms. The molecule has 5 aromatic rings. The van der Waals surface area contributed by atoms with Crippen LogP contribution in [0.25, 0.3) is 22.0 Å². The van der Waals surface area contributed by atoms with Crippen LogP contribution in [0.2, 0.25) is 0 Å². The van der Waals surface area contributed by atoms with Crippen molar-refractivity contribution in [3.8, 4) is 11.1 Å². The second kappa shape index (κ2) is 14.7. The molecule has 0 fully saturated rings. The molecule has 0 radical (unpaired) electrons. The van der Waals surface area contributed by atoms with Gasteiger partial charge in [-0.2, -0.15) is 13.2 Å². The summed E-state index contributed by atoms with van der Waals surface area (Å²) in [5.74, 6) is -1.21. The second-order valence-corrected chi connectivity index (χ2v) is 11.0. The van der Waals surface area contributed by atoms with Crippen LogP contribution < -0.4 is 16.0 Å². The fourth-order valence-corrected chi connectivity index (χ4v) is 5.14. The van der Waals surface area contributed by atoms with Gasteiger partial charge in [0.05, 0.1) is 16.6 Å². The Morgan fingerprint density at radius 1 is 0.809 bits per heavy atom. The average Bonchev–Trinajstić information content (AvgIpc) is 3.08. The molecule has 0 aliphatic carbocycles. The van der Waals surface area contributed by atoms with E-state index in [-0.39, 0.29) is 17.0 Å². The van der Waals surface area contributed by atoms with Gasteiger partial charge in [-0.1, -0.05) is 86.5 Å². The van der Waals surface area contributed by atoms with Gasteiger partial charge in [0.15, 0.2) is 0 Å². The van der Waals surface area contributed by atoms with Crippen LogP contribution in [0.15, 0.2) is 109 Å². The van der Waals surface area contributed by atoms with E-state index in [1.54, 1.807) is 72.8 Å². The number of halogens is 3. The van der Waals surface area contributed by atoms with Gasteiger partial charge >= 0.3 is 6.18 Å². The molecular weight excluding hydrogens is 605 g/mol. The third-order valence-electron chi connectivity index (χ3n) is 7.65. The predicted molar refractivity (Wildman–Crippen MR) is 176 cm³/mol. The zero-order valence-corrected chi connectivity index (χ0v) is 25.6. The van der Waals surface area contributed by atoms with Crippen molar-refractivity contribution in [1.82, 2.24) is 15.6 Å². The fourth-order valence-electron chi connectivity index (χ4n) is 5.14. The molecule has 0 saturated carbocycles. The van der Waals surface area contributed by atoms with Crippen LogP contribution in [-0.4, -0.2) is 29.3 Å². The molecule has 0 saturated heterocycles. The van der Waals surface area contributed by atoms with Gasteiger partial charge < -0.3 is 16.0 Å². The lowest BCUT2D eigenvalue weighted by molar-refractivity contribution is -0.137. The van der Waals surface area contributed by atoms with Crippen molar-refractivity contribution in [2.45, 2.75) is 38.4 Å². The van der Waals surface area contributed by atoms with Gasteiger partial charge in [-0.05, 0) is 59.5 Å². The van der Waals surface area contributed by atoms with Gasteiger partial charge in [0.2, 0.25) is 5.91 Å². The molecule has 7 nitrogen and oxygen atoms in total. The first-order valence-corrected chi connectivity index (χ1v) is 15.3. The number of pyridine rings is 1. The monoisotopic (exact) mass is 638 g/mol. The largest absolute Gasteiger partial charge is 0.416 e. The van der Waals surface area contributed by atoms with Crippen molar-refractivity contribution >= 4 is 34.3 Å². The molecule has 240 valence electrons. The van der Waals surface area contributed by atoms with E-state index < -0.39 is 29.6 Å². The van der Waals surface area contributed by atoms with Crippen LogP contribution in [0.1, 0.15) is 64.1 Å². The summed E-state index contributed by atoms with van der Waals surface area (Å²) < 4.78 is 39.1. The third kappa shape index (κ3) is 8.21. The minimum atomic E-state index is -4.46. The number of amides is 3. The number of carbonyl (C=O) groups excluding carboxylic acids is 3. The van der Waals surface area contributed by atoms with E-state index in [2.05, 4.69) is 27.9 Å². The average molecular weight is 639 g/mol. The Kier molecular flexibility index (Phi) is 10.3. The number of fused-ring (bicyclic) bond motifs is 1. The quantitative estimate of drug-likeness (QED) is 0.128. The van der Waals surface area contributed by atoms with Crippen LogP contribution >= 0.6 is 0 Å². The number of nitrogens with one attached hydrogen (secondary N) is 3. The van der Waals surface area contributed by atoms with Gasteiger partial charge in [-0.25, -0.2) is 0 Å². The second-order valence-electron chi connectivity index (χ2n) is 11.0. The summed E-state index contributed by atoms with van der Waals surface area (Å²) in [5, 5.41) is 9.22. The number of unbranched alkanes of at least 4 members (excludes halogenated alkanes) is 2. The zero-order valence-electron chi connectivity index (χ0n) is 25.6. The van der Waals surface area contributed by atoms with E-state index in [1.165, 1.54) is 18.3 Å². The first-order chi connectivity index (χ1) is 22.6. The lowest BCUT2D eigenvalue weighted by Crippen LogP contribution is -2.40. The van der Waals surface area contributed by atoms with E-state index in [1.807, 2.05) is 6.07 Å². The molecule has 4 aromatic carbocycles. The van der Waals surface area contributed by atoms with Crippen LogP contribution in [0.4, 0.5) is 18.9 Å². The summed E-state index contributed by atoms with van der Waals surface area (Å²) in [4.78, 5) is 44.1. The standard InChI is InChI=1S/C37H33F3N4O3/c1-2-3-9-20-41-36(47)33(25-10-5-4-6-11-25)44-34(45)27-21-26-16-19-29(22-32(26)42-23-27)43-35(46)31-13-8-7-12-30(31)24-14-17-28(18-15-24)37(38,39)40/h4-8,10-19,21-23,33H,2-3,9,20H2,1H3,(H,41,47)(H,43,46)(H,44,45)/t33-/m0/s1. The van der Waals surface area contributed by atoms with Gasteiger partial charge in [-0.3, -0.25) is 19.4 Å². The predicted octanol–water partition coefficient (Wildman–Crippen LogP) is 7.95. The SMILES string of the molecule is CCCCCNC(=O)[C@@H](NC(=O)c1cnc2cc(NC(=O)c3ccccc3-c3ccc(C(F)(F)F)cc3)ccc2c1)c1ccccc1. The summed E-state index contributed by atoms with van der Waals surface area (Å²) in [7, 11) is 0. The Labute approximate surface area is 270 Å². The lowest BCUT2D eigenvalue weighted by atomic mass is 9.98. The highest BCUT2D eigenvalue weighted by Crippen LogP contribution is 2.32. The highest BCUT2D eigenvalue weighted by molar-refractivity contribution is 6.09. The molecule has 0 bridgehead atoms. The number of alkyl halides is 3. The maximum atomic E-state index is 13.3. The molecule has 0 aliphatic heterocycles. The maximum Gasteiger partial charge on any atom is 0.416 e. The number of hydrogen-bond donors (Lipinski definition) is 3. The molecule has 5 rings (SSSR count). The Morgan fingerprint density at radius 2 is 1.53 bits per heavy atom. The number of anilines is 1. The Balaban J connectivity index is 1.31.